The van der Waals surface area contributed by atoms with Crippen LogP contribution in [0.5, 0.6) is 11.5 Å². The number of allylic oxidation sites excluding steroid dienone is 1. The zero-order valence-electron chi connectivity index (χ0n) is 18.7. The van der Waals surface area contributed by atoms with Gasteiger partial charge in [-0.2, -0.15) is 13.9 Å². The molecule has 0 saturated heterocycles. The number of benzene rings is 2. The lowest BCUT2D eigenvalue weighted by Crippen LogP contribution is -2.14. The summed E-state index contributed by atoms with van der Waals surface area (Å²) in [4.78, 5) is 20.1. The minimum Gasteiger partial charge on any atom is -0.501 e. The van der Waals surface area contributed by atoms with Gasteiger partial charge in [0.05, 0.1) is 29.5 Å². The van der Waals surface area contributed by atoms with Crippen LogP contribution in [-0.4, -0.2) is 35.7 Å². The molecule has 0 atom stereocenters. The second-order valence-electron chi connectivity index (χ2n) is 7.74. The van der Waals surface area contributed by atoms with Gasteiger partial charge in [0.25, 0.3) is 5.56 Å². The number of nitrogens with two attached hydrogens (primary N) is 2. The van der Waals surface area contributed by atoms with Gasteiger partial charge in [0, 0.05) is 42.4 Å². The van der Waals surface area contributed by atoms with Crippen molar-refractivity contribution in [1.82, 2.24) is 10.2 Å². The van der Waals surface area contributed by atoms with E-state index in [-0.39, 0.29) is 46.7 Å². The number of hydrogen-bond donors (Lipinski definition) is 3. The molecule has 3 aromatic rings. The molecule has 0 radical (unpaired) electrons. The minimum atomic E-state index is -3.07. The molecular weight excluding hydrogens is 458 g/mol. The number of rotatable bonds is 8. The predicted octanol–water partition coefficient (Wildman–Crippen LogP) is 3.49. The zero-order chi connectivity index (χ0) is 25.1. The highest BCUT2D eigenvalue weighted by Crippen LogP contribution is 2.42. The van der Waals surface area contributed by atoms with Crippen molar-refractivity contribution in [2.24, 2.45) is 16.5 Å². The van der Waals surface area contributed by atoms with E-state index in [2.05, 4.69) is 24.8 Å². The maximum Gasteiger partial charge on any atom is 0.387 e. The predicted molar refractivity (Wildman–Crippen MR) is 128 cm³/mol. The highest BCUT2D eigenvalue weighted by Gasteiger charge is 2.28. The highest BCUT2D eigenvalue weighted by atomic mass is 19.3. The van der Waals surface area contributed by atoms with Crippen LogP contribution in [0.1, 0.15) is 29.7 Å². The van der Waals surface area contributed by atoms with Gasteiger partial charge in [-0.3, -0.25) is 9.79 Å². The molecule has 0 amide bonds. The maximum absolute atomic E-state index is 13.0. The Labute approximate surface area is 198 Å². The SMILES string of the molecule is [C-]#[N+]c1c(OC2CC2)cc(OC(F)F)cc1C(=NC)/C(=C\N)c1ccc2c(=O)[nH]nc(CN)c2c1. The van der Waals surface area contributed by atoms with Gasteiger partial charge < -0.3 is 20.9 Å². The summed E-state index contributed by atoms with van der Waals surface area (Å²) in [5, 5.41) is 7.33. The molecule has 0 unspecified atom stereocenters. The average Bonchev–Trinajstić information content (AvgIpc) is 3.66. The van der Waals surface area contributed by atoms with E-state index in [1.807, 2.05) is 0 Å². The molecule has 0 aliphatic heterocycles. The number of nitrogens with zero attached hydrogens (tertiary/aromatic N) is 3. The standard InChI is InChI=1S/C24H22F2N6O3/c1-29-21(17-8-14(35-24(25)26)9-20(22(17)30-2)34-13-4-5-13)18(10-27)12-3-6-15-16(7-12)19(11-28)31-32-23(15)33/h3,6-10,13,24H,4-5,11,27-28H2,1H3,(H,32,33)/b18-10-,29-21?. The summed E-state index contributed by atoms with van der Waals surface area (Å²) < 4.78 is 36.5. The van der Waals surface area contributed by atoms with Crippen LogP contribution in [0, 0.1) is 6.57 Å². The van der Waals surface area contributed by atoms with Crippen LogP contribution in [-0.2, 0) is 6.54 Å². The molecule has 1 saturated carbocycles. The summed E-state index contributed by atoms with van der Waals surface area (Å²) >= 11 is 0. The van der Waals surface area contributed by atoms with Gasteiger partial charge in [0.1, 0.15) is 11.5 Å². The molecular formula is C24H22F2N6O3. The smallest absolute Gasteiger partial charge is 0.387 e. The fourth-order valence-electron chi connectivity index (χ4n) is 3.75. The number of H-pyrrole nitrogens is 1. The quantitative estimate of drug-likeness (QED) is 0.334. The molecule has 1 heterocycles. The summed E-state index contributed by atoms with van der Waals surface area (Å²) in [6, 6.07) is 7.56. The Balaban J connectivity index is 1.88. The summed E-state index contributed by atoms with van der Waals surface area (Å²) in [5.74, 6) is -0.0388. The first kappa shape index (κ1) is 23.8. The monoisotopic (exact) mass is 480 g/mol. The van der Waals surface area contributed by atoms with Crippen molar-refractivity contribution in [3.8, 4) is 11.5 Å². The Morgan fingerprint density at radius 1 is 1.34 bits per heavy atom. The van der Waals surface area contributed by atoms with Crippen molar-refractivity contribution >= 4 is 27.7 Å². The van der Waals surface area contributed by atoms with Crippen LogP contribution in [0.2, 0.25) is 0 Å². The number of aromatic nitrogens is 2. The molecule has 9 nitrogen and oxygen atoms in total. The van der Waals surface area contributed by atoms with Crippen molar-refractivity contribution in [3.63, 3.8) is 0 Å². The molecule has 1 aliphatic rings. The lowest BCUT2D eigenvalue weighted by Gasteiger charge is -2.18. The third-order valence-corrected chi connectivity index (χ3v) is 5.48. The largest absolute Gasteiger partial charge is 0.501 e. The number of nitrogens with one attached hydrogen (secondary N) is 1. The molecule has 2 aromatic carbocycles. The molecule has 1 fully saturated rings. The van der Waals surface area contributed by atoms with Crippen LogP contribution in [0.15, 0.2) is 46.3 Å². The van der Waals surface area contributed by atoms with Gasteiger partial charge in [-0.15, -0.1) is 0 Å². The number of halogens is 2. The number of alkyl halides is 2. The second-order valence-corrected chi connectivity index (χ2v) is 7.74. The Kier molecular flexibility index (Phi) is 6.75. The lowest BCUT2D eigenvalue weighted by atomic mass is 9.93. The Morgan fingerprint density at radius 2 is 2.11 bits per heavy atom. The van der Waals surface area contributed by atoms with Crippen molar-refractivity contribution < 1.29 is 18.3 Å². The van der Waals surface area contributed by atoms with Crippen LogP contribution in [0.4, 0.5) is 14.5 Å². The molecule has 35 heavy (non-hydrogen) atoms. The summed E-state index contributed by atoms with van der Waals surface area (Å²) in [7, 11) is 1.49. The topological polar surface area (TPSA) is 133 Å². The zero-order valence-corrected chi connectivity index (χ0v) is 18.7. The second kappa shape index (κ2) is 9.90. The summed E-state index contributed by atoms with van der Waals surface area (Å²) in [6.07, 6.45) is 2.83. The van der Waals surface area contributed by atoms with E-state index in [0.717, 1.165) is 12.8 Å². The van der Waals surface area contributed by atoms with Crippen LogP contribution in [0.3, 0.4) is 0 Å². The van der Waals surface area contributed by atoms with Gasteiger partial charge in [0.2, 0.25) is 5.69 Å². The van der Waals surface area contributed by atoms with Crippen LogP contribution < -0.4 is 26.5 Å². The first-order valence-corrected chi connectivity index (χ1v) is 10.7. The maximum atomic E-state index is 13.0. The first-order chi connectivity index (χ1) is 16.9. The Bertz CT molecular complexity index is 1440. The molecule has 4 rings (SSSR count). The summed E-state index contributed by atoms with van der Waals surface area (Å²) in [6.45, 7) is 4.77. The Morgan fingerprint density at radius 3 is 2.71 bits per heavy atom. The molecule has 180 valence electrons. The van der Waals surface area contributed by atoms with Gasteiger partial charge >= 0.3 is 6.61 Å². The number of hydrogen-bond acceptors (Lipinski definition) is 7. The van der Waals surface area contributed by atoms with Gasteiger partial charge in [-0.1, -0.05) is 6.07 Å². The van der Waals surface area contributed by atoms with Crippen LogP contribution in [0.25, 0.3) is 21.2 Å². The Hall–Kier alpha value is -4.30. The van der Waals surface area contributed by atoms with Crippen molar-refractivity contribution in [2.45, 2.75) is 32.1 Å². The summed E-state index contributed by atoms with van der Waals surface area (Å²) in [5.41, 5.74) is 13.4. The van der Waals surface area contributed by atoms with Crippen molar-refractivity contribution in [2.75, 3.05) is 7.05 Å². The fourth-order valence-corrected chi connectivity index (χ4v) is 3.75. The van der Waals surface area contributed by atoms with Crippen LogP contribution >= 0.6 is 0 Å². The molecule has 1 aliphatic carbocycles. The van der Waals surface area contributed by atoms with Crippen molar-refractivity contribution in [1.29, 1.82) is 0 Å². The van der Waals surface area contributed by atoms with Crippen molar-refractivity contribution in [3.05, 3.63) is 75.1 Å². The van der Waals surface area contributed by atoms with E-state index in [4.69, 9.17) is 22.8 Å². The van der Waals surface area contributed by atoms with E-state index >= 15 is 0 Å². The number of aliphatic imine (C=N–C) groups is 1. The number of fused-ring (bicyclic) bond motifs is 1. The van der Waals surface area contributed by atoms with Gasteiger partial charge in [-0.25, -0.2) is 9.94 Å². The molecule has 11 heteroatoms. The van der Waals surface area contributed by atoms with E-state index in [1.54, 1.807) is 18.2 Å². The normalized spacial score (nSPS) is 14.3. The molecule has 0 bridgehead atoms. The number of ether oxygens (including phenoxy) is 2. The average molecular weight is 480 g/mol. The van der Waals surface area contributed by atoms with E-state index in [9.17, 15) is 13.6 Å². The number of aromatic amines is 1. The molecule has 5 N–H and O–H groups in total. The minimum absolute atomic E-state index is 0.0857. The third kappa shape index (κ3) is 4.83. The first-order valence-electron chi connectivity index (χ1n) is 10.7. The fraction of sp³-hybridized carbons (Fsp3) is 0.250. The molecule has 0 spiro atoms. The third-order valence-electron chi connectivity index (χ3n) is 5.48. The van der Waals surface area contributed by atoms with E-state index in [0.29, 0.717) is 27.6 Å². The van der Waals surface area contributed by atoms with Gasteiger partial charge in [-0.05, 0) is 36.6 Å². The van der Waals surface area contributed by atoms with E-state index < -0.39 is 6.61 Å². The molecule has 1 aromatic heterocycles. The van der Waals surface area contributed by atoms with Gasteiger partial charge in [0.15, 0.2) is 0 Å². The van der Waals surface area contributed by atoms with E-state index in [1.165, 1.54) is 25.4 Å². The highest BCUT2D eigenvalue weighted by molar-refractivity contribution is 6.34. The lowest BCUT2D eigenvalue weighted by molar-refractivity contribution is -0.0499.